The van der Waals surface area contributed by atoms with E-state index in [9.17, 15) is 5.11 Å². The molecule has 2 N–H and O–H groups in total. The Bertz CT molecular complexity index is 191. The van der Waals surface area contributed by atoms with Gasteiger partial charge in [-0.05, 0) is 12.8 Å². The molecule has 1 unspecified atom stereocenters. The third kappa shape index (κ3) is 5.07. The van der Waals surface area contributed by atoms with Crippen molar-refractivity contribution >= 4 is 0 Å². The van der Waals surface area contributed by atoms with Gasteiger partial charge in [0.05, 0.1) is 12.7 Å². The molecule has 1 aliphatic heterocycles. The summed E-state index contributed by atoms with van der Waals surface area (Å²) in [6.07, 6.45) is 3.30. The van der Waals surface area contributed by atoms with Gasteiger partial charge in [-0.15, -0.1) is 6.58 Å². The summed E-state index contributed by atoms with van der Waals surface area (Å²) in [5.41, 5.74) is 0. The van der Waals surface area contributed by atoms with Crippen LogP contribution in [0.5, 0.6) is 0 Å². The maximum absolute atomic E-state index is 9.76. The first kappa shape index (κ1) is 13.6. The van der Waals surface area contributed by atoms with Crippen LogP contribution >= 0.6 is 0 Å². The van der Waals surface area contributed by atoms with E-state index in [-0.39, 0.29) is 12.7 Å². The van der Waals surface area contributed by atoms with Crippen LogP contribution in [0.25, 0.3) is 0 Å². The van der Waals surface area contributed by atoms with E-state index in [4.69, 9.17) is 5.11 Å². The van der Waals surface area contributed by atoms with Crippen molar-refractivity contribution in [2.75, 3.05) is 45.9 Å². The largest absolute Gasteiger partial charge is 0.395 e. The van der Waals surface area contributed by atoms with Crippen LogP contribution in [-0.4, -0.2) is 72.0 Å². The van der Waals surface area contributed by atoms with Gasteiger partial charge in [0.25, 0.3) is 0 Å². The van der Waals surface area contributed by atoms with Gasteiger partial charge in [-0.1, -0.05) is 6.08 Å². The van der Waals surface area contributed by atoms with E-state index in [1.807, 2.05) is 6.08 Å². The molecule has 1 fully saturated rings. The Hall–Kier alpha value is -0.420. The Morgan fingerprint density at radius 2 is 1.81 bits per heavy atom. The number of aliphatic hydroxyl groups is 2. The van der Waals surface area contributed by atoms with Crippen molar-refractivity contribution < 1.29 is 10.2 Å². The van der Waals surface area contributed by atoms with Gasteiger partial charge in [0.15, 0.2) is 0 Å². The smallest absolute Gasteiger partial charge is 0.0670 e. The summed E-state index contributed by atoms with van der Waals surface area (Å²) >= 11 is 0. The first-order valence-electron chi connectivity index (χ1n) is 6.10. The van der Waals surface area contributed by atoms with Crippen LogP contribution < -0.4 is 0 Å². The minimum Gasteiger partial charge on any atom is -0.395 e. The van der Waals surface area contributed by atoms with Crippen LogP contribution in [0.2, 0.25) is 0 Å². The lowest BCUT2D eigenvalue weighted by atomic mass is 10.1. The monoisotopic (exact) mass is 228 g/mol. The molecule has 0 spiro atoms. The minimum absolute atomic E-state index is 0.234. The molecule has 0 amide bonds. The second kappa shape index (κ2) is 7.79. The van der Waals surface area contributed by atoms with Crippen LogP contribution in [0, 0.1) is 0 Å². The molecule has 1 heterocycles. The van der Waals surface area contributed by atoms with E-state index in [0.29, 0.717) is 0 Å². The van der Waals surface area contributed by atoms with E-state index >= 15 is 0 Å². The molecule has 0 aromatic rings. The summed E-state index contributed by atoms with van der Waals surface area (Å²) in [4.78, 5) is 4.55. The number of hydrogen-bond acceptors (Lipinski definition) is 4. The predicted octanol–water partition coefficient (Wildman–Crippen LogP) is -0.0766. The van der Waals surface area contributed by atoms with E-state index in [2.05, 4.69) is 16.4 Å². The van der Waals surface area contributed by atoms with Gasteiger partial charge in [0.1, 0.15) is 0 Å². The van der Waals surface area contributed by atoms with E-state index in [1.54, 1.807) is 0 Å². The Labute approximate surface area is 98.2 Å². The summed E-state index contributed by atoms with van der Waals surface area (Å²) < 4.78 is 0. The molecular formula is C12H24N2O2. The third-order valence-electron chi connectivity index (χ3n) is 3.05. The SMILES string of the molecule is C=CCCC(O)CN1CCN(CCO)CC1. The number of piperazine rings is 1. The molecule has 94 valence electrons. The van der Waals surface area contributed by atoms with Crippen molar-refractivity contribution in [3.05, 3.63) is 12.7 Å². The highest BCUT2D eigenvalue weighted by Crippen LogP contribution is 2.05. The fourth-order valence-electron chi connectivity index (χ4n) is 2.04. The zero-order valence-corrected chi connectivity index (χ0v) is 10.0. The normalized spacial score (nSPS) is 20.9. The highest BCUT2D eigenvalue weighted by atomic mass is 16.3. The standard InChI is InChI=1S/C12H24N2O2/c1-2-3-4-12(16)11-14-7-5-13(6-8-14)9-10-15/h2,12,15-16H,1,3-11H2. The topological polar surface area (TPSA) is 46.9 Å². The average molecular weight is 228 g/mol. The second-order valence-corrected chi connectivity index (χ2v) is 4.39. The van der Waals surface area contributed by atoms with Crippen molar-refractivity contribution in [3.63, 3.8) is 0 Å². The summed E-state index contributed by atoms with van der Waals surface area (Å²) in [5, 5.41) is 18.6. The molecule has 4 nitrogen and oxygen atoms in total. The van der Waals surface area contributed by atoms with E-state index in [0.717, 1.165) is 52.1 Å². The van der Waals surface area contributed by atoms with Crippen LogP contribution in [0.1, 0.15) is 12.8 Å². The zero-order valence-electron chi connectivity index (χ0n) is 10.0. The van der Waals surface area contributed by atoms with Gasteiger partial charge in [-0.25, -0.2) is 0 Å². The number of β-amino-alcohol motifs (C(OH)–C–C–N with tert-alkyl or cyclic N) is 2. The highest BCUT2D eigenvalue weighted by Gasteiger charge is 2.18. The number of aliphatic hydroxyl groups excluding tert-OH is 2. The molecule has 4 heteroatoms. The van der Waals surface area contributed by atoms with E-state index < -0.39 is 0 Å². The maximum Gasteiger partial charge on any atom is 0.0670 e. The van der Waals surface area contributed by atoms with Gasteiger partial charge in [0, 0.05) is 39.3 Å². The fourth-order valence-corrected chi connectivity index (χ4v) is 2.04. The number of hydrogen-bond donors (Lipinski definition) is 2. The van der Waals surface area contributed by atoms with Crippen molar-refractivity contribution in [2.24, 2.45) is 0 Å². The molecule has 0 aliphatic carbocycles. The van der Waals surface area contributed by atoms with Crippen molar-refractivity contribution in [1.29, 1.82) is 0 Å². The molecule has 1 saturated heterocycles. The Kier molecular flexibility index (Phi) is 6.64. The number of allylic oxidation sites excluding steroid dienone is 1. The lowest BCUT2D eigenvalue weighted by Gasteiger charge is -2.35. The summed E-state index contributed by atoms with van der Waals surface area (Å²) in [6, 6.07) is 0. The number of rotatable bonds is 7. The lowest BCUT2D eigenvalue weighted by molar-refractivity contribution is 0.0633. The van der Waals surface area contributed by atoms with Gasteiger partial charge >= 0.3 is 0 Å². The first-order chi connectivity index (χ1) is 7.76. The molecule has 0 radical (unpaired) electrons. The van der Waals surface area contributed by atoms with Crippen molar-refractivity contribution in [3.8, 4) is 0 Å². The minimum atomic E-state index is -0.234. The number of nitrogens with zero attached hydrogens (tertiary/aromatic N) is 2. The molecule has 1 rings (SSSR count). The Balaban J connectivity index is 2.13. The second-order valence-electron chi connectivity index (χ2n) is 4.39. The van der Waals surface area contributed by atoms with Gasteiger partial charge in [0.2, 0.25) is 0 Å². The van der Waals surface area contributed by atoms with Crippen molar-refractivity contribution in [1.82, 2.24) is 9.80 Å². The van der Waals surface area contributed by atoms with Crippen molar-refractivity contribution in [2.45, 2.75) is 18.9 Å². The Morgan fingerprint density at radius 3 is 2.38 bits per heavy atom. The molecule has 0 aromatic heterocycles. The maximum atomic E-state index is 9.76. The molecular weight excluding hydrogens is 204 g/mol. The van der Waals surface area contributed by atoms with Gasteiger partial charge in [-0.3, -0.25) is 9.80 Å². The Morgan fingerprint density at radius 1 is 1.19 bits per heavy atom. The van der Waals surface area contributed by atoms with Gasteiger partial charge < -0.3 is 10.2 Å². The zero-order chi connectivity index (χ0) is 11.8. The summed E-state index contributed by atoms with van der Waals surface area (Å²) in [5.74, 6) is 0. The first-order valence-corrected chi connectivity index (χ1v) is 6.10. The van der Waals surface area contributed by atoms with Crippen LogP contribution in [0.4, 0.5) is 0 Å². The van der Waals surface area contributed by atoms with Crippen LogP contribution in [-0.2, 0) is 0 Å². The lowest BCUT2D eigenvalue weighted by Crippen LogP contribution is -2.49. The van der Waals surface area contributed by atoms with Crippen LogP contribution in [0.15, 0.2) is 12.7 Å². The summed E-state index contributed by atoms with van der Waals surface area (Å²) in [6.45, 7) is 9.40. The van der Waals surface area contributed by atoms with E-state index in [1.165, 1.54) is 0 Å². The van der Waals surface area contributed by atoms with Gasteiger partial charge in [-0.2, -0.15) is 0 Å². The summed E-state index contributed by atoms with van der Waals surface area (Å²) in [7, 11) is 0. The molecule has 0 aromatic carbocycles. The highest BCUT2D eigenvalue weighted by molar-refractivity contribution is 4.76. The molecule has 0 bridgehead atoms. The molecule has 16 heavy (non-hydrogen) atoms. The fraction of sp³-hybridized carbons (Fsp3) is 0.833. The quantitative estimate of drug-likeness (QED) is 0.599. The third-order valence-corrected chi connectivity index (χ3v) is 3.05. The van der Waals surface area contributed by atoms with Crippen LogP contribution in [0.3, 0.4) is 0 Å². The molecule has 1 aliphatic rings. The average Bonchev–Trinajstić information content (AvgIpc) is 2.29. The predicted molar refractivity (Wildman–Crippen MR) is 65.4 cm³/mol. The molecule has 1 atom stereocenters. The molecule has 0 saturated carbocycles.